The summed E-state index contributed by atoms with van der Waals surface area (Å²) in [5.41, 5.74) is 3.40. The van der Waals surface area contributed by atoms with E-state index in [1.54, 1.807) is 49.7 Å². The number of carbonyl (C=O) groups is 1. The van der Waals surface area contributed by atoms with Gasteiger partial charge in [-0.05, 0) is 48.4 Å². The summed E-state index contributed by atoms with van der Waals surface area (Å²) in [6.45, 7) is 2.05. The molecule has 0 radical (unpaired) electrons. The fraction of sp³-hybridized carbons (Fsp3) is 0.0833. The fourth-order valence-corrected chi connectivity index (χ4v) is 3.84. The van der Waals surface area contributed by atoms with Gasteiger partial charge in [-0.1, -0.05) is 30.3 Å². The molecule has 2 heterocycles. The lowest BCUT2D eigenvalue weighted by atomic mass is 10.2. The van der Waals surface area contributed by atoms with Crippen LogP contribution in [0.15, 0.2) is 60.9 Å². The van der Waals surface area contributed by atoms with Crippen molar-refractivity contribution in [3.05, 3.63) is 100.0 Å². The van der Waals surface area contributed by atoms with Crippen molar-refractivity contribution in [2.45, 2.75) is 13.5 Å². The Morgan fingerprint density at radius 3 is 2.38 bits per heavy atom. The molecule has 0 saturated heterocycles. The zero-order chi connectivity index (χ0) is 22.5. The van der Waals surface area contributed by atoms with Gasteiger partial charge in [-0.3, -0.25) is 9.78 Å². The molecule has 1 N–H and O–H groups in total. The first-order valence-electron chi connectivity index (χ1n) is 9.74. The Labute approximate surface area is 187 Å². The lowest BCUT2D eigenvalue weighted by molar-refractivity contribution is 0.0954. The Morgan fingerprint density at radius 2 is 1.66 bits per heavy atom. The van der Waals surface area contributed by atoms with E-state index in [0.717, 1.165) is 11.1 Å². The number of amides is 1. The summed E-state index contributed by atoms with van der Waals surface area (Å²) in [6.07, 6.45) is 6.79. The maximum Gasteiger partial charge on any atom is 0.263 e. The molecule has 0 unspecified atom stereocenters. The lowest BCUT2D eigenvalue weighted by Gasteiger charge is -2.04. The highest BCUT2D eigenvalue weighted by Gasteiger charge is 2.17. The van der Waals surface area contributed by atoms with Crippen LogP contribution in [0.25, 0.3) is 22.9 Å². The van der Waals surface area contributed by atoms with E-state index in [1.807, 2.05) is 6.08 Å². The third-order valence-electron chi connectivity index (χ3n) is 4.56. The molecular formula is C24H18F2N4OS. The van der Waals surface area contributed by atoms with E-state index in [-0.39, 0.29) is 24.1 Å². The number of rotatable bonds is 6. The van der Waals surface area contributed by atoms with E-state index in [1.165, 1.54) is 35.6 Å². The van der Waals surface area contributed by atoms with Gasteiger partial charge in [0.1, 0.15) is 27.2 Å². The second-order valence-corrected chi connectivity index (χ2v) is 7.96. The van der Waals surface area contributed by atoms with Gasteiger partial charge in [0.15, 0.2) is 0 Å². The lowest BCUT2D eigenvalue weighted by Crippen LogP contribution is -2.22. The molecule has 0 atom stereocenters. The molecule has 2 aromatic carbocycles. The average Bonchev–Trinajstić information content (AvgIpc) is 3.20. The first kappa shape index (κ1) is 21.5. The third kappa shape index (κ3) is 5.28. The summed E-state index contributed by atoms with van der Waals surface area (Å²) in [7, 11) is 0. The number of aryl methyl sites for hydroxylation is 1. The molecule has 0 fully saturated rings. The van der Waals surface area contributed by atoms with Gasteiger partial charge in [0.25, 0.3) is 5.91 Å². The molecule has 4 rings (SSSR count). The molecule has 0 saturated carbocycles. The molecule has 0 aliphatic heterocycles. The van der Waals surface area contributed by atoms with E-state index in [2.05, 4.69) is 20.3 Å². The predicted octanol–water partition coefficient (Wildman–Crippen LogP) is 5.29. The smallest absolute Gasteiger partial charge is 0.263 e. The van der Waals surface area contributed by atoms with Gasteiger partial charge in [-0.15, -0.1) is 11.3 Å². The molecule has 160 valence electrons. The summed E-state index contributed by atoms with van der Waals surface area (Å²) in [4.78, 5) is 26.3. The Kier molecular flexibility index (Phi) is 6.42. The monoisotopic (exact) mass is 448 g/mol. The van der Waals surface area contributed by atoms with Crippen LogP contribution in [0.2, 0.25) is 0 Å². The molecule has 8 heteroatoms. The first-order valence-corrected chi connectivity index (χ1v) is 10.6. The molecule has 0 aliphatic carbocycles. The Bertz CT molecular complexity index is 1270. The Hall–Kier alpha value is -3.78. The maximum absolute atomic E-state index is 13.0. The summed E-state index contributed by atoms with van der Waals surface area (Å²) in [5, 5.41) is 3.41. The summed E-state index contributed by atoms with van der Waals surface area (Å²) in [6, 6.07) is 12.1. The van der Waals surface area contributed by atoms with Crippen LogP contribution in [-0.4, -0.2) is 20.9 Å². The molecule has 32 heavy (non-hydrogen) atoms. The normalized spacial score (nSPS) is 11.1. The minimum absolute atomic E-state index is 0.254. The number of aromatic nitrogens is 3. The highest BCUT2D eigenvalue weighted by molar-refractivity contribution is 7.17. The minimum Gasteiger partial charge on any atom is -0.347 e. The van der Waals surface area contributed by atoms with E-state index in [0.29, 0.717) is 27.0 Å². The van der Waals surface area contributed by atoms with Gasteiger partial charge >= 0.3 is 0 Å². The number of carbonyl (C=O) groups excluding carboxylic acids is 1. The highest BCUT2D eigenvalue weighted by atomic mass is 32.1. The van der Waals surface area contributed by atoms with Crippen molar-refractivity contribution >= 4 is 29.4 Å². The number of hydrogen-bond acceptors (Lipinski definition) is 5. The third-order valence-corrected chi connectivity index (χ3v) is 5.74. The molecule has 0 spiro atoms. The Morgan fingerprint density at radius 1 is 0.969 bits per heavy atom. The number of nitrogens with one attached hydrogen (secondary N) is 1. The van der Waals surface area contributed by atoms with Gasteiger partial charge in [0.2, 0.25) is 0 Å². The molecule has 1 amide bonds. The van der Waals surface area contributed by atoms with Crippen LogP contribution in [0, 0.1) is 18.6 Å². The van der Waals surface area contributed by atoms with Crippen LogP contribution < -0.4 is 5.32 Å². The van der Waals surface area contributed by atoms with Crippen molar-refractivity contribution in [3.63, 3.8) is 0 Å². The van der Waals surface area contributed by atoms with Gasteiger partial charge < -0.3 is 5.32 Å². The fourth-order valence-electron chi connectivity index (χ4n) is 2.90. The van der Waals surface area contributed by atoms with Crippen molar-refractivity contribution in [3.8, 4) is 10.7 Å². The first-order chi connectivity index (χ1) is 15.5. The Balaban J connectivity index is 1.48. The van der Waals surface area contributed by atoms with Crippen LogP contribution >= 0.6 is 11.3 Å². The molecule has 4 aromatic rings. The number of halogens is 2. The molecular weight excluding hydrogens is 430 g/mol. The zero-order valence-corrected chi connectivity index (χ0v) is 17.9. The quantitative estimate of drug-likeness (QED) is 0.435. The molecule has 5 nitrogen and oxygen atoms in total. The highest BCUT2D eigenvalue weighted by Crippen LogP contribution is 2.26. The molecule has 0 aliphatic rings. The standard InChI is InChI=1S/C24H18F2N4OS/c1-15-22(23(31)28-12-17-4-9-19(26)10-5-17)32-24(29-15)21-14-27-13-20(30-21)11-6-16-2-7-18(25)8-3-16/h2-11,13-14H,12H2,1H3,(H,28,31)/b11-6+. The van der Waals surface area contributed by atoms with E-state index in [9.17, 15) is 13.6 Å². The van der Waals surface area contributed by atoms with Crippen molar-refractivity contribution in [1.82, 2.24) is 20.3 Å². The topological polar surface area (TPSA) is 67.8 Å². The van der Waals surface area contributed by atoms with Gasteiger partial charge in [-0.2, -0.15) is 0 Å². The van der Waals surface area contributed by atoms with Crippen LogP contribution in [0.1, 0.15) is 32.2 Å². The number of hydrogen-bond donors (Lipinski definition) is 1. The van der Waals surface area contributed by atoms with Gasteiger partial charge in [0, 0.05) is 6.54 Å². The second-order valence-electron chi connectivity index (χ2n) is 6.96. The van der Waals surface area contributed by atoms with Crippen molar-refractivity contribution in [1.29, 1.82) is 0 Å². The summed E-state index contributed by atoms with van der Waals surface area (Å²) < 4.78 is 26.1. The number of benzene rings is 2. The van der Waals surface area contributed by atoms with Crippen molar-refractivity contribution in [2.24, 2.45) is 0 Å². The minimum atomic E-state index is -0.320. The maximum atomic E-state index is 13.0. The van der Waals surface area contributed by atoms with Crippen molar-refractivity contribution in [2.75, 3.05) is 0 Å². The predicted molar refractivity (Wildman–Crippen MR) is 121 cm³/mol. The molecule has 0 bridgehead atoms. The largest absolute Gasteiger partial charge is 0.347 e. The van der Waals surface area contributed by atoms with E-state index >= 15 is 0 Å². The number of thiazole rings is 1. The van der Waals surface area contributed by atoms with Crippen molar-refractivity contribution < 1.29 is 13.6 Å². The molecule has 2 aromatic heterocycles. The summed E-state index contributed by atoms with van der Waals surface area (Å²) in [5.74, 6) is -0.865. The van der Waals surface area contributed by atoms with Crippen LogP contribution in [-0.2, 0) is 6.54 Å². The summed E-state index contributed by atoms with van der Waals surface area (Å²) >= 11 is 1.23. The van der Waals surface area contributed by atoms with Crippen LogP contribution in [0.3, 0.4) is 0 Å². The second kappa shape index (κ2) is 9.57. The SMILES string of the molecule is Cc1nc(-c2cncc(/C=C/c3ccc(F)cc3)n2)sc1C(=O)NCc1ccc(F)cc1. The zero-order valence-electron chi connectivity index (χ0n) is 17.0. The van der Waals surface area contributed by atoms with E-state index < -0.39 is 0 Å². The average molecular weight is 448 g/mol. The van der Waals surface area contributed by atoms with Gasteiger partial charge in [0.05, 0.1) is 23.8 Å². The van der Waals surface area contributed by atoms with E-state index in [4.69, 9.17) is 0 Å². The van der Waals surface area contributed by atoms with Gasteiger partial charge in [-0.25, -0.2) is 18.7 Å². The van der Waals surface area contributed by atoms with Crippen LogP contribution in [0.4, 0.5) is 8.78 Å². The van der Waals surface area contributed by atoms with Crippen LogP contribution in [0.5, 0.6) is 0 Å². The number of nitrogens with zero attached hydrogens (tertiary/aromatic N) is 3.